The van der Waals surface area contributed by atoms with Crippen molar-refractivity contribution in [1.82, 2.24) is 10.3 Å². The highest BCUT2D eigenvalue weighted by Crippen LogP contribution is 2.10. The highest BCUT2D eigenvalue weighted by molar-refractivity contribution is 5.80. The van der Waals surface area contributed by atoms with E-state index in [2.05, 4.69) is 15.6 Å². The highest BCUT2D eigenvalue weighted by atomic mass is 16.5. The van der Waals surface area contributed by atoms with E-state index >= 15 is 0 Å². The van der Waals surface area contributed by atoms with Crippen molar-refractivity contribution in [3.05, 3.63) is 18.3 Å². The standard InChI is InChI=1S/C12H19N3O2/c1-4-9(2)15-11(16)8-13-10-5-6-12(17-3)14-7-10/h5-7,9,13H,4,8H2,1-3H3,(H,15,16). The van der Waals surface area contributed by atoms with Crippen LogP contribution >= 0.6 is 0 Å². The summed E-state index contributed by atoms with van der Waals surface area (Å²) in [6.45, 7) is 4.26. The van der Waals surface area contributed by atoms with E-state index < -0.39 is 0 Å². The molecule has 17 heavy (non-hydrogen) atoms. The Morgan fingerprint density at radius 2 is 2.29 bits per heavy atom. The largest absolute Gasteiger partial charge is 0.481 e. The molecule has 0 aromatic carbocycles. The maximum Gasteiger partial charge on any atom is 0.239 e. The summed E-state index contributed by atoms with van der Waals surface area (Å²) in [4.78, 5) is 15.5. The van der Waals surface area contributed by atoms with E-state index in [0.717, 1.165) is 12.1 Å². The molecule has 2 N–H and O–H groups in total. The first-order valence-electron chi connectivity index (χ1n) is 5.69. The molecule has 1 aromatic heterocycles. The second-order valence-corrected chi connectivity index (χ2v) is 3.82. The summed E-state index contributed by atoms with van der Waals surface area (Å²) >= 11 is 0. The zero-order chi connectivity index (χ0) is 12.7. The molecule has 1 amide bonds. The van der Waals surface area contributed by atoms with Crippen LogP contribution in [0.15, 0.2) is 18.3 Å². The fourth-order valence-corrected chi connectivity index (χ4v) is 1.22. The van der Waals surface area contributed by atoms with Crippen LogP contribution in [0.25, 0.3) is 0 Å². The summed E-state index contributed by atoms with van der Waals surface area (Å²) in [5, 5.41) is 5.87. The predicted molar refractivity (Wildman–Crippen MR) is 67.2 cm³/mol. The lowest BCUT2D eigenvalue weighted by Crippen LogP contribution is -2.36. The molecule has 0 aliphatic heterocycles. The van der Waals surface area contributed by atoms with Crippen LogP contribution < -0.4 is 15.4 Å². The van der Waals surface area contributed by atoms with E-state index in [4.69, 9.17) is 4.74 Å². The van der Waals surface area contributed by atoms with Crippen molar-refractivity contribution in [1.29, 1.82) is 0 Å². The first kappa shape index (κ1) is 13.3. The second kappa shape index (κ2) is 6.73. The van der Waals surface area contributed by atoms with Crippen LogP contribution in [-0.4, -0.2) is 30.6 Å². The van der Waals surface area contributed by atoms with Gasteiger partial charge in [-0.2, -0.15) is 0 Å². The Morgan fingerprint density at radius 1 is 1.53 bits per heavy atom. The van der Waals surface area contributed by atoms with Gasteiger partial charge in [0.05, 0.1) is 25.5 Å². The van der Waals surface area contributed by atoms with Gasteiger partial charge < -0.3 is 15.4 Å². The van der Waals surface area contributed by atoms with Crippen LogP contribution in [0.1, 0.15) is 20.3 Å². The number of hydrogen-bond acceptors (Lipinski definition) is 4. The molecule has 0 fully saturated rings. The monoisotopic (exact) mass is 237 g/mol. The van der Waals surface area contributed by atoms with Crippen molar-refractivity contribution in [2.24, 2.45) is 0 Å². The van der Waals surface area contributed by atoms with Gasteiger partial charge in [-0.15, -0.1) is 0 Å². The molecular weight excluding hydrogens is 218 g/mol. The molecule has 0 radical (unpaired) electrons. The van der Waals surface area contributed by atoms with E-state index in [0.29, 0.717) is 5.88 Å². The van der Waals surface area contributed by atoms with E-state index in [-0.39, 0.29) is 18.5 Å². The predicted octanol–water partition coefficient (Wildman–Crippen LogP) is 1.42. The van der Waals surface area contributed by atoms with Gasteiger partial charge in [0, 0.05) is 12.1 Å². The third-order valence-electron chi connectivity index (χ3n) is 2.42. The molecule has 1 aromatic rings. The number of aromatic nitrogens is 1. The summed E-state index contributed by atoms with van der Waals surface area (Å²) in [5.41, 5.74) is 0.796. The molecule has 94 valence electrons. The fourth-order valence-electron chi connectivity index (χ4n) is 1.22. The molecule has 0 bridgehead atoms. The Labute approximate surface area is 102 Å². The van der Waals surface area contributed by atoms with Gasteiger partial charge in [0.2, 0.25) is 11.8 Å². The molecule has 1 atom stereocenters. The summed E-state index contributed by atoms with van der Waals surface area (Å²) < 4.78 is 4.94. The molecule has 5 nitrogen and oxygen atoms in total. The first-order valence-corrected chi connectivity index (χ1v) is 5.69. The lowest BCUT2D eigenvalue weighted by atomic mass is 10.2. The highest BCUT2D eigenvalue weighted by Gasteiger charge is 2.04. The van der Waals surface area contributed by atoms with Gasteiger partial charge in [-0.25, -0.2) is 4.98 Å². The summed E-state index contributed by atoms with van der Waals surface area (Å²) in [7, 11) is 1.56. The molecule has 0 aliphatic rings. The zero-order valence-corrected chi connectivity index (χ0v) is 10.5. The number of hydrogen-bond donors (Lipinski definition) is 2. The minimum atomic E-state index is -0.0184. The molecule has 1 heterocycles. The number of carbonyl (C=O) groups excluding carboxylic acids is 1. The SMILES string of the molecule is CCC(C)NC(=O)CNc1ccc(OC)nc1. The lowest BCUT2D eigenvalue weighted by Gasteiger charge is -2.12. The minimum Gasteiger partial charge on any atom is -0.481 e. The number of methoxy groups -OCH3 is 1. The van der Waals surface area contributed by atoms with Crippen molar-refractivity contribution in [3.8, 4) is 5.88 Å². The van der Waals surface area contributed by atoms with Crippen LogP contribution in [0.3, 0.4) is 0 Å². The summed E-state index contributed by atoms with van der Waals surface area (Å²) in [5.74, 6) is 0.537. The summed E-state index contributed by atoms with van der Waals surface area (Å²) in [6.07, 6.45) is 2.56. The van der Waals surface area contributed by atoms with E-state index in [9.17, 15) is 4.79 Å². The van der Waals surface area contributed by atoms with Crippen molar-refractivity contribution < 1.29 is 9.53 Å². The zero-order valence-electron chi connectivity index (χ0n) is 10.5. The van der Waals surface area contributed by atoms with Crippen LogP contribution in [0.5, 0.6) is 5.88 Å². The third kappa shape index (κ3) is 4.72. The molecule has 0 spiro atoms. The first-order chi connectivity index (χ1) is 8.15. The average molecular weight is 237 g/mol. The number of ether oxygens (including phenoxy) is 1. The van der Waals surface area contributed by atoms with Crippen molar-refractivity contribution in [2.75, 3.05) is 19.0 Å². The Hall–Kier alpha value is -1.78. The van der Waals surface area contributed by atoms with Crippen molar-refractivity contribution >= 4 is 11.6 Å². The molecule has 1 unspecified atom stereocenters. The Kier molecular flexibility index (Phi) is 5.26. The number of anilines is 1. The molecule has 1 rings (SSSR count). The van der Waals surface area contributed by atoms with Crippen molar-refractivity contribution in [3.63, 3.8) is 0 Å². The maximum absolute atomic E-state index is 11.5. The van der Waals surface area contributed by atoms with Crippen LogP contribution in [0, 0.1) is 0 Å². The fraction of sp³-hybridized carbons (Fsp3) is 0.500. The van der Waals surface area contributed by atoms with Gasteiger partial charge >= 0.3 is 0 Å². The number of carbonyl (C=O) groups is 1. The third-order valence-corrected chi connectivity index (χ3v) is 2.42. The van der Waals surface area contributed by atoms with Crippen LogP contribution in [0.2, 0.25) is 0 Å². The lowest BCUT2D eigenvalue weighted by molar-refractivity contribution is -0.120. The quantitative estimate of drug-likeness (QED) is 0.785. The number of amides is 1. The van der Waals surface area contributed by atoms with Gasteiger partial charge in [-0.3, -0.25) is 4.79 Å². The molecule has 0 aliphatic carbocycles. The second-order valence-electron chi connectivity index (χ2n) is 3.82. The summed E-state index contributed by atoms with van der Waals surface area (Å²) in [6, 6.07) is 3.77. The van der Waals surface area contributed by atoms with E-state index in [1.54, 1.807) is 19.4 Å². The molecule has 0 saturated heterocycles. The van der Waals surface area contributed by atoms with E-state index in [1.165, 1.54) is 0 Å². The normalized spacial score (nSPS) is 11.7. The van der Waals surface area contributed by atoms with Gasteiger partial charge in [0.15, 0.2) is 0 Å². The number of nitrogens with zero attached hydrogens (tertiary/aromatic N) is 1. The Balaban J connectivity index is 2.36. The Bertz CT molecular complexity index is 351. The topological polar surface area (TPSA) is 63.2 Å². The molecule has 0 saturated carbocycles. The van der Waals surface area contributed by atoms with E-state index in [1.807, 2.05) is 19.9 Å². The minimum absolute atomic E-state index is 0.0184. The maximum atomic E-state index is 11.5. The number of nitrogens with one attached hydrogen (secondary N) is 2. The van der Waals surface area contributed by atoms with Crippen molar-refractivity contribution in [2.45, 2.75) is 26.3 Å². The van der Waals surface area contributed by atoms with Gasteiger partial charge in [0.1, 0.15) is 0 Å². The van der Waals surface area contributed by atoms with Gasteiger partial charge in [-0.05, 0) is 19.4 Å². The number of pyridine rings is 1. The number of rotatable bonds is 6. The Morgan fingerprint density at radius 3 is 2.82 bits per heavy atom. The average Bonchev–Trinajstić information content (AvgIpc) is 2.36. The van der Waals surface area contributed by atoms with Crippen LogP contribution in [0.4, 0.5) is 5.69 Å². The molecule has 5 heteroatoms. The van der Waals surface area contributed by atoms with Gasteiger partial charge in [0.25, 0.3) is 0 Å². The molecular formula is C12H19N3O2. The van der Waals surface area contributed by atoms with Crippen LogP contribution in [-0.2, 0) is 4.79 Å². The van der Waals surface area contributed by atoms with Gasteiger partial charge in [-0.1, -0.05) is 6.92 Å². The smallest absolute Gasteiger partial charge is 0.239 e.